The van der Waals surface area contributed by atoms with Gasteiger partial charge in [-0.3, -0.25) is 9.20 Å². The fourth-order valence-electron chi connectivity index (χ4n) is 3.78. The molecule has 7 nitrogen and oxygen atoms in total. The normalized spacial score (nSPS) is 10.9. The average Bonchev–Trinajstić information content (AvgIpc) is 3.19. The Labute approximate surface area is 213 Å². The van der Waals surface area contributed by atoms with E-state index in [-0.39, 0.29) is 29.6 Å². The lowest BCUT2D eigenvalue weighted by Gasteiger charge is -2.19. The number of pyridine rings is 1. The SMILES string of the molecule is Cc1nc2c(OCc3c(F)cccc3F)cccn2c1C(=O)NCc1cccc(C(C)(C)C)c1.O=C=O. The monoisotopic (exact) mass is 507 g/mol. The van der Waals surface area contributed by atoms with Crippen LogP contribution in [-0.2, 0) is 28.2 Å². The minimum Gasteiger partial charge on any atom is -0.485 e. The highest BCUT2D eigenvalue weighted by Gasteiger charge is 2.20. The van der Waals surface area contributed by atoms with Crippen molar-refractivity contribution in [3.63, 3.8) is 0 Å². The van der Waals surface area contributed by atoms with Gasteiger partial charge in [0, 0.05) is 12.7 Å². The summed E-state index contributed by atoms with van der Waals surface area (Å²) in [6.07, 6.45) is 1.96. The molecule has 0 atom stereocenters. The number of amides is 1. The quantitative estimate of drug-likeness (QED) is 0.390. The van der Waals surface area contributed by atoms with E-state index in [1.807, 2.05) is 12.1 Å². The van der Waals surface area contributed by atoms with E-state index in [2.05, 4.69) is 43.2 Å². The van der Waals surface area contributed by atoms with Crippen LogP contribution in [0.5, 0.6) is 5.75 Å². The number of hydrogen-bond acceptors (Lipinski definition) is 5. The van der Waals surface area contributed by atoms with Gasteiger partial charge in [-0.2, -0.15) is 9.59 Å². The second-order valence-corrected chi connectivity index (χ2v) is 9.32. The van der Waals surface area contributed by atoms with Crippen molar-refractivity contribution in [2.45, 2.75) is 46.3 Å². The van der Waals surface area contributed by atoms with Gasteiger partial charge in [0.15, 0.2) is 11.4 Å². The number of fused-ring (bicyclic) bond motifs is 1. The van der Waals surface area contributed by atoms with Gasteiger partial charge in [0.1, 0.15) is 23.9 Å². The van der Waals surface area contributed by atoms with E-state index in [0.717, 1.165) is 5.56 Å². The Morgan fingerprint density at radius 1 is 1.05 bits per heavy atom. The number of aromatic nitrogens is 2. The lowest BCUT2D eigenvalue weighted by molar-refractivity contribution is -0.191. The summed E-state index contributed by atoms with van der Waals surface area (Å²) in [5, 5.41) is 2.97. The molecule has 0 spiro atoms. The average molecular weight is 508 g/mol. The Kier molecular flexibility index (Phi) is 8.52. The number of imidazole rings is 1. The van der Waals surface area contributed by atoms with E-state index >= 15 is 0 Å². The number of nitrogens with one attached hydrogen (secondary N) is 1. The molecule has 2 aromatic heterocycles. The molecule has 0 aliphatic heterocycles. The van der Waals surface area contributed by atoms with Crippen LogP contribution in [0.25, 0.3) is 5.65 Å². The predicted octanol–water partition coefficient (Wildman–Crippen LogP) is 5.14. The zero-order valence-corrected chi connectivity index (χ0v) is 21.0. The maximum Gasteiger partial charge on any atom is 0.373 e. The highest BCUT2D eigenvalue weighted by Crippen LogP contribution is 2.25. The van der Waals surface area contributed by atoms with Crippen LogP contribution in [0.3, 0.4) is 0 Å². The molecule has 2 aromatic carbocycles. The number of carbonyl (C=O) groups excluding carboxylic acids is 3. The fourth-order valence-corrected chi connectivity index (χ4v) is 3.78. The van der Waals surface area contributed by atoms with Gasteiger partial charge in [-0.1, -0.05) is 51.1 Å². The zero-order chi connectivity index (χ0) is 27.2. The largest absolute Gasteiger partial charge is 0.485 e. The molecule has 1 amide bonds. The summed E-state index contributed by atoms with van der Waals surface area (Å²) >= 11 is 0. The second kappa shape index (κ2) is 11.6. The van der Waals surface area contributed by atoms with Crippen molar-refractivity contribution in [1.29, 1.82) is 0 Å². The Balaban J connectivity index is 0.00000121. The number of halogens is 2. The van der Waals surface area contributed by atoms with Gasteiger partial charge in [-0.05, 0) is 47.7 Å². The van der Waals surface area contributed by atoms with Crippen molar-refractivity contribution < 1.29 is 27.9 Å². The molecule has 0 unspecified atom stereocenters. The van der Waals surface area contributed by atoms with Crippen LogP contribution in [0, 0.1) is 18.6 Å². The zero-order valence-electron chi connectivity index (χ0n) is 21.0. The van der Waals surface area contributed by atoms with E-state index in [4.69, 9.17) is 14.3 Å². The van der Waals surface area contributed by atoms with E-state index < -0.39 is 11.6 Å². The third-order valence-electron chi connectivity index (χ3n) is 5.68. The van der Waals surface area contributed by atoms with E-state index in [1.165, 1.54) is 23.8 Å². The third-order valence-corrected chi connectivity index (χ3v) is 5.68. The molecule has 0 saturated heterocycles. The molecule has 37 heavy (non-hydrogen) atoms. The Morgan fingerprint density at radius 2 is 1.70 bits per heavy atom. The summed E-state index contributed by atoms with van der Waals surface area (Å²) in [6, 6.07) is 15.2. The first-order chi connectivity index (χ1) is 17.6. The summed E-state index contributed by atoms with van der Waals surface area (Å²) < 4.78 is 35.2. The van der Waals surface area contributed by atoms with Crippen LogP contribution in [0.4, 0.5) is 8.78 Å². The molecule has 0 aliphatic rings. The van der Waals surface area contributed by atoms with E-state index in [0.29, 0.717) is 29.3 Å². The highest BCUT2D eigenvalue weighted by molar-refractivity contribution is 5.95. The Bertz CT molecular complexity index is 1430. The molecule has 0 fully saturated rings. The van der Waals surface area contributed by atoms with Crippen LogP contribution in [-0.4, -0.2) is 21.4 Å². The summed E-state index contributed by atoms with van der Waals surface area (Å²) in [5.41, 5.74) is 3.35. The number of aryl methyl sites for hydroxylation is 1. The van der Waals surface area contributed by atoms with Crippen LogP contribution in [0.15, 0.2) is 60.8 Å². The van der Waals surface area contributed by atoms with Gasteiger partial charge in [0.05, 0.1) is 11.3 Å². The van der Waals surface area contributed by atoms with Gasteiger partial charge in [0.25, 0.3) is 5.91 Å². The number of ether oxygens (including phenoxy) is 1. The third kappa shape index (κ3) is 6.45. The van der Waals surface area contributed by atoms with Gasteiger partial charge >= 0.3 is 6.15 Å². The molecule has 0 saturated carbocycles. The molecule has 4 rings (SSSR count). The summed E-state index contributed by atoms with van der Waals surface area (Å²) in [5.74, 6) is -1.31. The number of hydrogen-bond donors (Lipinski definition) is 1. The summed E-state index contributed by atoms with van der Waals surface area (Å²) in [4.78, 5) is 33.8. The minimum atomic E-state index is -0.679. The van der Waals surface area contributed by atoms with Crippen molar-refractivity contribution in [3.05, 3.63) is 101 Å². The molecule has 0 radical (unpaired) electrons. The molecular weight excluding hydrogens is 480 g/mol. The standard InChI is InChI=1S/C27H27F2N3O2.CO2/c1-17-24(26(33)30-15-18-8-5-9-19(14-18)27(2,3)4)32-13-7-12-23(25(32)31-17)34-16-20-21(28)10-6-11-22(20)29;2-1-3/h5-14H,15-16H2,1-4H3,(H,30,33);. The van der Waals surface area contributed by atoms with Gasteiger partial charge < -0.3 is 10.1 Å². The maximum atomic E-state index is 14.0. The second-order valence-electron chi connectivity index (χ2n) is 9.32. The Hall–Kier alpha value is -4.36. The number of benzene rings is 2. The van der Waals surface area contributed by atoms with Crippen molar-refractivity contribution in [3.8, 4) is 5.75 Å². The number of carbonyl (C=O) groups is 1. The van der Waals surface area contributed by atoms with Crippen molar-refractivity contribution in [2.75, 3.05) is 0 Å². The lowest BCUT2D eigenvalue weighted by Crippen LogP contribution is -2.25. The van der Waals surface area contributed by atoms with Gasteiger partial charge in [-0.15, -0.1) is 0 Å². The van der Waals surface area contributed by atoms with Gasteiger partial charge in [0.2, 0.25) is 0 Å². The van der Waals surface area contributed by atoms with Crippen LogP contribution in [0.1, 0.15) is 53.6 Å². The smallest absolute Gasteiger partial charge is 0.373 e. The number of nitrogens with zero attached hydrogens (tertiary/aromatic N) is 2. The topological polar surface area (TPSA) is 89.8 Å². The summed E-state index contributed by atoms with van der Waals surface area (Å²) in [7, 11) is 0. The molecule has 192 valence electrons. The lowest BCUT2D eigenvalue weighted by atomic mass is 9.86. The van der Waals surface area contributed by atoms with Crippen LogP contribution < -0.4 is 10.1 Å². The van der Waals surface area contributed by atoms with Crippen molar-refractivity contribution >= 4 is 17.7 Å². The molecule has 0 bridgehead atoms. The first kappa shape index (κ1) is 27.2. The van der Waals surface area contributed by atoms with Crippen molar-refractivity contribution in [2.24, 2.45) is 0 Å². The predicted molar refractivity (Wildman–Crippen MR) is 132 cm³/mol. The van der Waals surface area contributed by atoms with Gasteiger partial charge in [-0.25, -0.2) is 13.8 Å². The molecule has 0 aliphatic carbocycles. The van der Waals surface area contributed by atoms with Crippen molar-refractivity contribution in [1.82, 2.24) is 14.7 Å². The fraction of sp³-hybridized carbons (Fsp3) is 0.250. The van der Waals surface area contributed by atoms with E-state index in [1.54, 1.807) is 29.7 Å². The highest BCUT2D eigenvalue weighted by atomic mass is 19.1. The molecule has 9 heteroatoms. The van der Waals surface area contributed by atoms with Crippen LogP contribution in [0.2, 0.25) is 0 Å². The first-order valence-electron chi connectivity index (χ1n) is 11.5. The summed E-state index contributed by atoms with van der Waals surface area (Å²) in [6.45, 7) is 8.25. The molecule has 4 aromatic rings. The first-order valence-corrected chi connectivity index (χ1v) is 11.5. The Morgan fingerprint density at radius 3 is 2.35 bits per heavy atom. The molecular formula is C28H27F2N3O4. The number of rotatable bonds is 6. The van der Waals surface area contributed by atoms with Crippen LogP contribution >= 0.6 is 0 Å². The maximum absolute atomic E-state index is 14.0. The minimum absolute atomic E-state index is 0.0141. The van der Waals surface area contributed by atoms with E-state index in [9.17, 15) is 13.6 Å². The molecule has 1 N–H and O–H groups in total. The molecule has 2 heterocycles.